The molecule has 0 radical (unpaired) electrons. The molecular weight excluding hydrogens is 228 g/mol. The van der Waals surface area contributed by atoms with Crippen LogP contribution in [0.2, 0.25) is 0 Å². The molecule has 0 amide bonds. The van der Waals surface area contributed by atoms with Gasteiger partial charge in [0.2, 0.25) is 0 Å². The second kappa shape index (κ2) is 5.45. The average molecular weight is 244 g/mol. The van der Waals surface area contributed by atoms with Crippen molar-refractivity contribution in [3.05, 3.63) is 48.0 Å². The van der Waals surface area contributed by atoms with Crippen molar-refractivity contribution in [2.75, 3.05) is 6.61 Å². The Hall–Kier alpha value is -2.16. The quantitative estimate of drug-likeness (QED) is 0.886. The fourth-order valence-electron chi connectivity index (χ4n) is 1.63. The van der Waals surface area contributed by atoms with Crippen molar-refractivity contribution in [1.82, 2.24) is 0 Å². The summed E-state index contributed by atoms with van der Waals surface area (Å²) >= 11 is 0. The van der Waals surface area contributed by atoms with E-state index in [1.54, 1.807) is 18.2 Å². The first-order valence-electron chi connectivity index (χ1n) is 5.90. The van der Waals surface area contributed by atoms with Gasteiger partial charge in [0.1, 0.15) is 0 Å². The SMILES string of the molecule is CCOc1cc(C)ccc1Oc1ccccc1O. The van der Waals surface area contributed by atoms with Crippen molar-refractivity contribution in [1.29, 1.82) is 0 Å². The molecule has 0 aromatic heterocycles. The molecule has 2 aromatic rings. The zero-order valence-corrected chi connectivity index (χ0v) is 10.5. The van der Waals surface area contributed by atoms with Crippen molar-refractivity contribution in [3.63, 3.8) is 0 Å². The monoisotopic (exact) mass is 244 g/mol. The van der Waals surface area contributed by atoms with E-state index >= 15 is 0 Å². The van der Waals surface area contributed by atoms with Crippen LogP contribution in [0.15, 0.2) is 42.5 Å². The molecule has 0 heterocycles. The van der Waals surface area contributed by atoms with E-state index in [1.807, 2.05) is 38.1 Å². The molecule has 0 saturated carbocycles. The molecule has 1 N–H and O–H groups in total. The predicted molar refractivity (Wildman–Crippen MR) is 70.5 cm³/mol. The van der Waals surface area contributed by atoms with Gasteiger partial charge in [-0.15, -0.1) is 0 Å². The van der Waals surface area contributed by atoms with E-state index in [9.17, 15) is 5.11 Å². The van der Waals surface area contributed by atoms with Gasteiger partial charge < -0.3 is 14.6 Å². The molecule has 0 aliphatic carbocycles. The van der Waals surface area contributed by atoms with E-state index in [0.717, 1.165) is 5.56 Å². The minimum absolute atomic E-state index is 0.112. The largest absolute Gasteiger partial charge is 0.504 e. The van der Waals surface area contributed by atoms with Gasteiger partial charge in [-0.25, -0.2) is 0 Å². The average Bonchev–Trinajstić information content (AvgIpc) is 2.35. The van der Waals surface area contributed by atoms with Gasteiger partial charge in [-0.05, 0) is 43.7 Å². The van der Waals surface area contributed by atoms with Crippen molar-refractivity contribution in [2.45, 2.75) is 13.8 Å². The van der Waals surface area contributed by atoms with Crippen molar-refractivity contribution < 1.29 is 14.6 Å². The summed E-state index contributed by atoms with van der Waals surface area (Å²) in [6.07, 6.45) is 0. The normalized spacial score (nSPS) is 10.1. The summed E-state index contributed by atoms with van der Waals surface area (Å²) in [5, 5.41) is 9.68. The topological polar surface area (TPSA) is 38.7 Å². The van der Waals surface area contributed by atoms with Gasteiger partial charge in [0.05, 0.1) is 6.61 Å². The third-order valence-electron chi connectivity index (χ3n) is 2.48. The molecule has 0 unspecified atom stereocenters. The molecule has 0 saturated heterocycles. The number of ether oxygens (including phenoxy) is 2. The van der Waals surface area contributed by atoms with Crippen molar-refractivity contribution >= 4 is 0 Å². The zero-order chi connectivity index (χ0) is 13.0. The molecule has 2 rings (SSSR count). The van der Waals surface area contributed by atoms with E-state index in [-0.39, 0.29) is 5.75 Å². The first kappa shape index (κ1) is 12.3. The number of para-hydroxylation sites is 2. The molecule has 0 aliphatic rings. The second-order valence-electron chi connectivity index (χ2n) is 3.95. The molecule has 0 spiro atoms. The van der Waals surface area contributed by atoms with Crippen LogP contribution < -0.4 is 9.47 Å². The number of rotatable bonds is 4. The highest BCUT2D eigenvalue weighted by Crippen LogP contribution is 2.36. The third kappa shape index (κ3) is 2.74. The van der Waals surface area contributed by atoms with Crippen LogP contribution >= 0.6 is 0 Å². The van der Waals surface area contributed by atoms with Gasteiger partial charge in [0.25, 0.3) is 0 Å². The highest BCUT2D eigenvalue weighted by molar-refractivity contribution is 5.48. The second-order valence-corrected chi connectivity index (χ2v) is 3.95. The van der Waals surface area contributed by atoms with E-state index in [0.29, 0.717) is 23.9 Å². The Morgan fingerprint density at radius 3 is 2.50 bits per heavy atom. The number of aromatic hydroxyl groups is 1. The summed E-state index contributed by atoms with van der Waals surface area (Å²) in [5.41, 5.74) is 1.10. The molecule has 18 heavy (non-hydrogen) atoms. The van der Waals surface area contributed by atoms with Crippen LogP contribution in [-0.2, 0) is 0 Å². The maximum Gasteiger partial charge on any atom is 0.169 e. The lowest BCUT2D eigenvalue weighted by molar-refractivity contribution is 0.318. The molecule has 0 fully saturated rings. The molecule has 0 aliphatic heterocycles. The van der Waals surface area contributed by atoms with Crippen molar-refractivity contribution in [3.8, 4) is 23.0 Å². The Morgan fingerprint density at radius 1 is 1.00 bits per heavy atom. The molecular formula is C15H16O3. The Balaban J connectivity index is 2.31. The summed E-state index contributed by atoms with van der Waals surface area (Å²) in [7, 11) is 0. The van der Waals surface area contributed by atoms with Crippen LogP contribution in [0.1, 0.15) is 12.5 Å². The first-order valence-corrected chi connectivity index (χ1v) is 5.90. The van der Waals surface area contributed by atoms with Gasteiger partial charge in [0, 0.05) is 0 Å². The molecule has 2 aromatic carbocycles. The molecule has 3 nitrogen and oxygen atoms in total. The van der Waals surface area contributed by atoms with E-state index in [1.165, 1.54) is 0 Å². The minimum atomic E-state index is 0.112. The Labute approximate surface area is 107 Å². The van der Waals surface area contributed by atoms with Gasteiger partial charge in [-0.2, -0.15) is 0 Å². The third-order valence-corrected chi connectivity index (χ3v) is 2.48. The van der Waals surface area contributed by atoms with Crippen LogP contribution in [0, 0.1) is 6.92 Å². The number of phenolic OH excluding ortho intramolecular Hbond substituents is 1. The Morgan fingerprint density at radius 2 is 1.78 bits per heavy atom. The maximum absolute atomic E-state index is 9.68. The number of aryl methyl sites for hydroxylation is 1. The summed E-state index contributed by atoms with van der Waals surface area (Å²) in [5.74, 6) is 1.81. The highest BCUT2D eigenvalue weighted by atomic mass is 16.5. The number of hydrogen-bond acceptors (Lipinski definition) is 3. The van der Waals surface area contributed by atoms with Crippen LogP contribution in [0.25, 0.3) is 0 Å². The fourth-order valence-corrected chi connectivity index (χ4v) is 1.63. The number of benzene rings is 2. The molecule has 0 atom stereocenters. The standard InChI is InChI=1S/C15H16O3/c1-3-17-15-10-11(2)8-9-14(15)18-13-7-5-4-6-12(13)16/h4-10,16H,3H2,1-2H3. The van der Waals surface area contributed by atoms with Crippen LogP contribution in [0.3, 0.4) is 0 Å². The van der Waals surface area contributed by atoms with Gasteiger partial charge in [-0.3, -0.25) is 0 Å². The lowest BCUT2D eigenvalue weighted by Gasteiger charge is -2.12. The molecule has 0 bridgehead atoms. The van der Waals surface area contributed by atoms with Crippen LogP contribution in [0.5, 0.6) is 23.0 Å². The van der Waals surface area contributed by atoms with E-state index in [2.05, 4.69) is 0 Å². The van der Waals surface area contributed by atoms with Gasteiger partial charge in [0.15, 0.2) is 23.0 Å². The van der Waals surface area contributed by atoms with E-state index < -0.39 is 0 Å². The fraction of sp³-hybridized carbons (Fsp3) is 0.200. The Bertz CT molecular complexity index is 535. The predicted octanol–water partition coefficient (Wildman–Crippen LogP) is 3.89. The lowest BCUT2D eigenvalue weighted by Crippen LogP contribution is -1.95. The summed E-state index contributed by atoms with van der Waals surface area (Å²) in [6.45, 7) is 4.49. The summed E-state index contributed by atoms with van der Waals surface area (Å²) < 4.78 is 11.2. The Kier molecular flexibility index (Phi) is 3.72. The summed E-state index contributed by atoms with van der Waals surface area (Å²) in [6, 6.07) is 12.6. The first-order chi connectivity index (χ1) is 8.70. The van der Waals surface area contributed by atoms with E-state index in [4.69, 9.17) is 9.47 Å². The molecule has 3 heteroatoms. The zero-order valence-electron chi connectivity index (χ0n) is 10.5. The van der Waals surface area contributed by atoms with Crippen LogP contribution in [-0.4, -0.2) is 11.7 Å². The maximum atomic E-state index is 9.68. The van der Waals surface area contributed by atoms with Crippen LogP contribution in [0.4, 0.5) is 0 Å². The highest BCUT2D eigenvalue weighted by Gasteiger charge is 2.08. The summed E-state index contributed by atoms with van der Waals surface area (Å²) in [4.78, 5) is 0. The lowest BCUT2D eigenvalue weighted by atomic mass is 10.2. The van der Waals surface area contributed by atoms with Gasteiger partial charge in [-0.1, -0.05) is 18.2 Å². The smallest absolute Gasteiger partial charge is 0.169 e. The number of phenols is 1. The minimum Gasteiger partial charge on any atom is -0.504 e. The molecule has 94 valence electrons. The number of hydrogen-bond donors (Lipinski definition) is 1. The van der Waals surface area contributed by atoms with Crippen molar-refractivity contribution in [2.24, 2.45) is 0 Å². The van der Waals surface area contributed by atoms with Gasteiger partial charge >= 0.3 is 0 Å².